The molecule has 0 radical (unpaired) electrons. The quantitative estimate of drug-likeness (QED) is 0.0207. The van der Waals surface area contributed by atoms with Gasteiger partial charge >= 0.3 is 0 Å². The summed E-state index contributed by atoms with van der Waals surface area (Å²) in [5.41, 5.74) is 5.81. The van der Waals surface area contributed by atoms with Gasteiger partial charge in [-0.1, -0.05) is 23.5 Å². The van der Waals surface area contributed by atoms with Gasteiger partial charge in [0.2, 0.25) is 5.75 Å². The predicted octanol–water partition coefficient (Wildman–Crippen LogP) is 15.3. The van der Waals surface area contributed by atoms with Gasteiger partial charge in [-0.25, -0.2) is 36.3 Å². The number of nitrogens with zero attached hydrogens (tertiary/aromatic N) is 4. The monoisotopic (exact) mass is 1750 g/mol. The first-order valence-corrected chi connectivity index (χ1v) is 39.3. The van der Waals surface area contributed by atoms with E-state index < -0.39 is 46.7 Å². The number of hydrogen-bond donors (Lipinski definition) is 2. The number of benzene rings is 6. The first-order valence-electron chi connectivity index (χ1n) is 34.9. The van der Waals surface area contributed by atoms with Gasteiger partial charge in [0.25, 0.3) is 11.8 Å². The average Bonchev–Trinajstić information content (AvgIpc) is 1.64. The second kappa shape index (κ2) is 43.8. The van der Waals surface area contributed by atoms with Crippen LogP contribution in [-0.4, -0.2) is 186 Å². The fourth-order valence-electron chi connectivity index (χ4n) is 12.3. The molecule has 32 heteroatoms. The smallest absolute Gasteiger partial charge is 0.251 e. The maximum atomic E-state index is 15.5. The number of aryl methyl sites for hydroxylation is 2. The van der Waals surface area contributed by atoms with Crippen molar-refractivity contribution in [3.63, 3.8) is 0 Å². The molecule has 0 aliphatic heterocycles. The summed E-state index contributed by atoms with van der Waals surface area (Å²) in [6, 6.07) is 20.0. The normalized spacial score (nSPS) is 13.8. The summed E-state index contributed by atoms with van der Waals surface area (Å²) in [5, 5.41) is 6.22. The molecule has 2 amide bonds. The topological polar surface area (TPSA) is 214 Å². The van der Waals surface area contributed by atoms with E-state index in [1.165, 1.54) is 31.4 Å². The van der Waals surface area contributed by atoms with E-state index in [0.29, 0.717) is 152 Å². The Kier molecular flexibility index (Phi) is 34.6. The highest BCUT2D eigenvalue weighted by Gasteiger charge is 2.36. The van der Waals surface area contributed by atoms with E-state index in [2.05, 4.69) is 58.4 Å². The van der Waals surface area contributed by atoms with Gasteiger partial charge in [0, 0.05) is 88.8 Å². The molecular weight excluding hydrogens is 1670 g/mol. The number of rotatable bonds is 41. The van der Waals surface area contributed by atoms with Gasteiger partial charge in [0.15, 0.2) is 33.3 Å². The molecule has 0 saturated heterocycles. The van der Waals surface area contributed by atoms with Crippen LogP contribution in [0.15, 0.2) is 109 Å². The number of fused-ring (bicyclic) bond motifs is 2. The Labute approximate surface area is 663 Å². The minimum Gasteiger partial charge on any atom is -0.493 e. The Balaban J connectivity index is 0.000000251. The van der Waals surface area contributed by atoms with E-state index in [1.807, 2.05) is 21.3 Å². The van der Waals surface area contributed by atoms with Crippen molar-refractivity contribution in [1.82, 2.24) is 29.7 Å². The van der Waals surface area contributed by atoms with E-state index in [9.17, 15) is 18.4 Å². The lowest BCUT2D eigenvalue weighted by molar-refractivity contribution is 0.00414. The third-order valence-corrected chi connectivity index (χ3v) is 22.5. The predicted molar refractivity (Wildman–Crippen MR) is 411 cm³/mol. The first kappa shape index (κ1) is 86.1. The van der Waals surface area contributed by atoms with Crippen LogP contribution in [-0.2, 0) is 62.2 Å². The summed E-state index contributed by atoms with van der Waals surface area (Å²) in [6.45, 7) is 5.81. The highest BCUT2D eigenvalue weighted by Crippen LogP contribution is 2.53. The molecule has 0 spiro atoms. The second-order valence-electron chi connectivity index (χ2n) is 24.4. The highest BCUT2D eigenvalue weighted by molar-refractivity contribution is 9.13. The van der Waals surface area contributed by atoms with Crippen molar-refractivity contribution >= 4 is 83.1 Å². The Bertz CT molecular complexity index is 4280. The molecule has 2 aromatic heterocycles. The number of aromatic nitrogens is 4. The Morgan fingerprint density at radius 3 is 1.15 bits per heavy atom. The number of hydrogen-bond acceptors (Lipinski definition) is 19. The molecule has 2 atom stereocenters. The second-order valence-corrected chi connectivity index (χ2v) is 28.7. The number of methoxy groups -OCH3 is 7. The van der Waals surface area contributed by atoms with E-state index in [1.54, 1.807) is 66.9 Å². The number of nitrogens with one attached hydrogen (secondary N) is 2. The number of thioether (sulfide) groups is 2. The van der Waals surface area contributed by atoms with E-state index >= 15 is 17.6 Å². The Hall–Kier alpha value is -6.92. The van der Waals surface area contributed by atoms with Gasteiger partial charge in [0.05, 0.1) is 160 Å². The zero-order chi connectivity index (χ0) is 77.9. The third-order valence-electron chi connectivity index (χ3n) is 17.6. The Morgan fingerprint density at radius 1 is 0.440 bits per heavy atom. The van der Waals surface area contributed by atoms with Crippen LogP contribution in [0.1, 0.15) is 103 Å². The molecule has 2 N–H and O–H groups in total. The van der Waals surface area contributed by atoms with Crippen molar-refractivity contribution in [2.24, 2.45) is 0 Å². The number of imidazole rings is 2. The van der Waals surface area contributed by atoms with Crippen LogP contribution in [0.25, 0.3) is 11.4 Å². The number of carbonyl (C=O) groups excluding carboxylic acids is 2. The molecule has 0 fully saturated rings. The molecule has 590 valence electrons. The van der Waals surface area contributed by atoms with Crippen molar-refractivity contribution in [2.45, 2.75) is 72.2 Å². The van der Waals surface area contributed by atoms with Gasteiger partial charge in [-0.3, -0.25) is 18.7 Å². The maximum absolute atomic E-state index is 15.5. The largest absolute Gasteiger partial charge is 0.493 e. The van der Waals surface area contributed by atoms with E-state index in [-0.39, 0.29) is 71.9 Å². The summed E-state index contributed by atoms with van der Waals surface area (Å²) in [4.78, 5) is 35.4. The standard InChI is InChI=1S/C39H45BrF3N3O8S.C38H42Br2F3N3O7S/c1-48-14-15-53-18-19-54-17-16-52-13-12-44-38(47)24-20-30(42)29(31(43)21-24)23-55-39-45-32-7-5-6-27(35(32)46(39)26-10-8-25(41)9-11-26)28-22-33(49-2)36(50-3)37(51-4)34(28)40;1-48-13-14-52-17-18-53-16-15-51-12-11-44-37(47)23-19-29(42)28(30(43)20-23)22-54-38-45-31-6-4-5-26(35(31)46(38)25-9-7-24(41)8-10-25)27-21-32(49-2)36(50-3)34(40)33(27)39/h8-11,20-22,27H,5-7,12-19,23H2,1-4H3,(H,44,47);7-10,19-21,26H,4-6,11-18,22H2,1-3H3,(H,44,47). The van der Waals surface area contributed by atoms with Crippen molar-refractivity contribution < 1.29 is 97.5 Å². The minimum atomic E-state index is -0.860. The summed E-state index contributed by atoms with van der Waals surface area (Å²) < 4.78 is 166. The summed E-state index contributed by atoms with van der Waals surface area (Å²) >= 11 is 13.4. The summed E-state index contributed by atoms with van der Waals surface area (Å²) in [7, 11) is 11.0. The van der Waals surface area contributed by atoms with Crippen molar-refractivity contribution in [1.29, 1.82) is 0 Å². The fourth-order valence-corrected chi connectivity index (χ4v) is 16.4. The Morgan fingerprint density at radius 2 is 0.789 bits per heavy atom. The van der Waals surface area contributed by atoms with Crippen LogP contribution in [0.5, 0.6) is 28.7 Å². The van der Waals surface area contributed by atoms with Crippen molar-refractivity contribution in [2.75, 3.05) is 155 Å². The van der Waals surface area contributed by atoms with Crippen LogP contribution in [0.4, 0.5) is 26.3 Å². The summed E-state index contributed by atoms with van der Waals surface area (Å²) in [5.74, 6) is -3.59. The zero-order valence-corrected chi connectivity index (χ0v) is 67.7. The van der Waals surface area contributed by atoms with Gasteiger partial charge in [-0.2, -0.15) is 0 Å². The average molecular weight is 1750 g/mol. The van der Waals surface area contributed by atoms with Gasteiger partial charge in [-0.15, -0.1) is 0 Å². The lowest BCUT2D eigenvalue weighted by Gasteiger charge is -2.27. The fraction of sp³-hybridized carbons (Fsp3) is 0.429. The molecular formula is C77H87Br3F6N6O15S2. The van der Waals surface area contributed by atoms with Crippen molar-refractivity contribution in [3.8, 4) is 40.1 Å². The SMILES string of the molecule is COCCOCCOCCOCCNC(=O)c1cc(F)c(CSc2nc3c(n2-c2ccc(F)cc2)C(c2cc(OC)c(OC)c(Br)c2Br)CCC3)c(F)c1.COCCOCCOCCOCCNC(=O)c1cc(F)c(CSc2nc3c(n2-c2ccc(F)cc2)C(c2cc(OC)c(OC)c(OC)c2Br)CCC3)c(F)c1. The number of amides is 2. The van der Waals surface area contributed by atoms with Crippen molar-refractivity contribution in [3.05, 3.63) is 189 Å². The lowest BCUT2D eigenvalue weighted by Crippen LogP contribution is -2.28. The molecule has 109 heavy (non-hydrogen) atoms. The van der Waals surface area contributed by atoms with Crippen LogP contribution in [0, 0.1) is 34.9 Å². The van der Waals surface area contributed by atoms with Crippen LogP contribution < -0.4 is 34.3 Å². The molecule has 2 unspecified atom stereocenters. The minimum absolute atomic E-state index is 0.109. The molecule has 21 nitrogen and oxygen atoms in total. The molecule has 0 bridgehead atoms. The number of carbonyl (C=O) groups is 2. The van der Waals surface area contributed by atoms with E-state index in [4.69, 9.17) is 71.5 Å². The zero-order valence-electron chi connectivity index (χ0n) is 61.3. The maximum Gasteiger partial charge on any atom is 0.251 e. The molecule has 10 rings (SSSR count). The van der Waals surface area contributed by atoms with Gasteiger partial charge < -0.3 is 72.2 Å². The molecule has 2 aliphatic carbocycles. The molecule has 2 heterocycles. The van der Waals surface area contributed by atoms with Crippen LogP contribution in [0.3, 0.4) is 0 Å². The van der Waals surface area contributed by atoms with Crippen LogP contribution in [0.2, 0.25) is 0 Å². The van der Waals surface area contributed by atoms with Crippen LogP contribution >= 0.6 is 71.3 Å². The molecule has 2 aliphatic rings. The molecule has 0 saturated carbocycles. The van der Waals surface area contributed by atoms with Gasteiger partial charge in [-0.05, 0) is 182 Å². The molecule has 8 aromatic rings. The molecule has 6 aromatic carbocycles. The number of ether oxygens (including phenoxy) is 13. The highest BCUT2D eigenvalue weighted by atomic mass is 79.9. The summed E-state index contributed by atoms with van der Waals surface area (Å²) in [6.07, 6.45) is 4.57. The van der Waals surface area contributed by atoms with Gasteiger partial charge in [0.1, 0.15) is 34.9 Å². The first-order chi connectivity index (χ1) is 52.9. The third kappa shape index (κ3) is 22.7. The number of halogens is 9. The van der Waals surface area contributed by atoms with E-state index in [0.717, 1.165) is 112 Å². The lowest BCUT2D eigenvalue weighted by atomic mass is 9.84.